The van der Waals surface area contributed by atoms with Crippen molar-refractivity contribution in [1.29, 1.82) is 0 Å². The first kappa shape index (κ1) is 11.2. The molecule has 1 aliphatic heterocycles. The summed E-state index contributed by atoms with van der Waals surface area (Å²) < 4.78 is 5.32. The number of hydrogen-bond acceptors (Lipinski definition) is 3. The molecule has 1 aromatic rings. The van der Waals surface area contributed by atoms with Crippen LogP contribution in [0.2, 0.25) is 0 Å². The first-order valence-corrected chi connectivity index (χ1v) is 5.60. The van der Waals surface area contributed by atoms with Crippen LogP contribution in [-0.2, 0) is 4.74 Å². The van der Waals surface area contributed by atoms with Gasteiger partial charge in [0, 0.05) is 18.8 Å². The number of benzene rings is 1. The molecule has 1 saturated heterocycles. The van der Waals surface area contributed by atoms with E-state index in [2.05, 4.69) is 29.2 Å². The van der Waals surface area contributed by atoms with Crippen molar-refractivity contribution in [1.82, 2.24) is 0 Å². The fourth-order valence-corrected chi connectivity index (χ4v) is 1.81. The lowest BCUT2D eigenvalue weighted by Gasteiger charge is -2.28. The van der Waals surface area contributed by atoms with Crippen molar-refractivity contribution in [2.24, 2.45) is 0 Å². The maximum atomic E-state index is 8.68. The van der Waals surface area contributed by atoms with Crippen molar-refractivity contribution in [2.75, 3.05) is 37.8 Å². The zero-order chi connectivity index (χ0) is 11.2. The highest BCUT2D eigenvalue weighted by Crippen LogP contribution is 2.17. The standard InChI is InChI=1S/C13H17NO2/c15-9-1-2-12-3-5-13(6-4-12)14-7-10-16-11-8-14/h1-6,15H,7-11H2/b2-1+. The molecule has 1 aliphatic rings. The van der Waals surface area contributed by atoms with Crippen LogP contribution in [-0.4, -0.2) is 38.0 Å². The second-order valence-electron chi connectivity index (χ2n) is 3.78. The van der Waals surface area contributed by atoms with Gasteiger partial charge in [0.05, 0.1) is 19.8 Å². The molecule has 3 heteroatoms. The van der Waals surface area contributed by atoms with E-state index in [0.29, 0.717) is 0 Å². The molecular formula is C13H17NO2. The molecule has 3 nitrogen and oxygen atoms in total. The summed E-state index contributed by atoms with van der Waals surface area (Å²) in [6.07, 6.45) is 3.66. The summed E-state index contributed by atoms with van der Waals surface area (Å²) in [5, 5.41) is 8.68. The van der Waals surface area contributed by atoms with Crippen LogP contribution in [0.3, 0.4) is 0 Å². The summed E-state index contributed by atoms with van der Waals surface area (Å²) >= 11 is 0. The molecule has 1 fully saturated rings. The van der Waals surface area contributed by atoms with Gasteiger partial charge in [-0.3, -0.25) is 0 Å². The summed E-state index contributed by atoms with van der Waals surface area (Å²) in [6, 6.07) is 8.36. The van der Waals surface area contributed by atoms with Crippen LogP contribution in [0.5, 0.6) is 0 Å². The fourth-order valence-electron chi connectivity index (χ4n) is 1.81. The highest BCUT2D eigenvalue weighted by molar-refractivity contribution is 5.56. The van der Waals surface area contributed by atoms with Gasteiger partial charge in [0.2, 0.25) is 0 Å². The summed E-state index contributed by atoms with van der Waals surface area (Å²) in [5.41, 5.74) is 2.36. The number of rotatable bonds is 3. The average Bonchev–Trinajstić information content (AvgIpc) is 2.38. The van der Waals surface area contributed by atoms with E-state index in [1.807, 2.05) is 6.08 Å². The number of anilines is 1. The minimum absolute atomic E-state index is 0.0885. The smallest absolute Gasteiger partial charge is 0.0642 e. The maximum Gasteiger partial charge on any atom is 0.0642 e. The molecule has 1 N–H and O–H groups in total. The van der Waals surface area contributed by atoms with E-state index >= 15 is 0 Å². The van der Waals surface area contributed by atoms with Crippen LogP contribution in [0.1, 0.15) is 5.56 Å². The molecule has 0 saturated carbocycles. The van der Waals surface area contributed by atoms with Crippen molar-refractivity contribution in [3.8, 4) is 0 Å². The molecule has 0 aromatic heterocycles. The predicted molar refractivity (Wildman–Crippen MR) is 65.6 cm³/mol. The largest absolute Gasteiger partial charge is 0.392 e. The van der Waals surface area contributed by atoms with Crippen molar-refractivity contribution < 1.29 is 9.84 Å². The Morgan fingerprint density at radius 2 is 1.88 bits per heavy atom. The van der Waals surface area contributed by atoms with Gasteiger partial charge >= 0.3 is 0 Å². The molecular weight excluding hydrogens is 202 g/mol. The first-order chi connectivity index (χ1) is 7.90. The molecule has 86 valence electrons. The van der Waals surface area contributed by atoms with Gasteiger partial charge in [0.15, 0.2) is 0 Å². The topological polar surface area (TPSA) is 32.7 Å². The van der Waals surface area contributed by atoms with Crippen molar-refractivity contribution in [2.45, 2.75) is 0 Å². The number of aliphatic hydroxyl groups excluding tert-OH is 1. The Morgan fingerprint density at radius 3 is 2.50 bits per heavy atom. The highest BCUT2D eigenvalue weighted by Gasteiger charge is 2.10. The summed E-state index contributed by atoms with van der Waals surface area (Å²) in [7, 11) is 0. The zero-order valence-electron chi connectivity index (χ0n) is 9.30. The third kappa shape index (κ3) is 2.84. The van der Waals surface area contributed by atoms with Crippen molar-refractivity contribution in [3.63, 3.8) is 0 Å². The predicted octanol–water partition coefficient (Wildman–Crippen LogP) is 1.53. The van der Waals surface area contributed by atoms with Crippen molar-refractivity contribution >= 4 is 11.8 Å². The lowest BCUT2D eigenvalue weighted by Crippen LogP contribution is -2.36. The normalized spacial score (nSPS) is 16.9. The SMILES string of the molecule is OC/C=C/c1ccc(N2CCOCC2)cc1. The summed E-state index contributed by atoms with van der Waals surface area (Å²) in [4.78, 5) is 2.32. The van der Waals surface area contributed by atoms with Crippen LogP contribution < -0.4 is 4.90 Å². The number of hydrogen-bond donors (Lipinski definition) is 1. The molecule has 0 spiro atoms. The number of ether oxygens (including phenoxy) is 1. The minimum atomic E-state index is 0.0885. The molecule has 0 unspecified atom stereocenters. The highest BCUT2D eigenvalue weighted by atomic mass is 16.5. The molecule has 1 heterocycles. The molecule has 2 rings (SSSR count). The van der Waals surface area contributed by atoms with Crippen LogP contribution in [0, 0.1) is 0 Å². The fraction of sp³-hybridized carbons (Fsp3) is 0.385. The maximum absolute atomic E-state index is 8.68. The molecule has 0 amide bonds. The molecule has 0 radical (unpaired) electrons. The van der Waals surface area contributed by atoms with Gasteiger partial charge in [-0.1, -0.05) is 24.3 Å². The summed E-state index contributed by atoms with van der Waals surface area (Å²) in [5.74, 6) is 0. The van der Waals surface area contributed by atoms with E-state index in [9.17, 15) is 0 Å². The Bertz CT molecular complexity index is 339. The number of aliphatic hydroxyl groups is 1. The third-order valence-electron chi connectivity index (χ3n) is 2.69. The molecule has 1 aromatic carbocycles. The van der Waals surface area contributed by atoms with E-state index in [1.165, 1.54) is 5.69 Å². The van der Waals surface area contributed by atoms with E-state index in [0.717, 1.165) is 31.9 Å². The second-order valence-corrected chi connectivity index (χ2v) is 3.78. The molecule has 0 bridgehead atoms. The summed E-state index contributed by atoms with van der Waals surface area (Å²) in [6.45, 7) is 3.64. The Kier molecular flexibility index (Phi) is 3.97. The van der Waals surface area contributed by atoms with E-state index in [-0.39, 0.29) is 6.61 Å². The van der Waals surface area contributed by atoms with Gasteiger partial charge in [-0.05, 0) is 17.7 Å². The Labute approximate surface area is 96.0 Å². The second kappa shape index (κ2) is 5.68. The van der Waals surface area contributed by atoms with Gasteiger partial charge in [-0.2, -0.15) is 0 Å². The quantitative estimate of drug-likeness (QED) is 0.836. The lowest BCUT2D eigenvalue weighted by atomic mass is 10.2. The monoisotopic (exact) mass is 219 g/mol. The van der Waals surface area contributed by atoms with Gasteiger partial charge in [0.25, 0.3) is 0 Å². The van der Waals surface area contributed by atoms with Gasteiger partial charge in [-0.25, -0.2) is 0 Å². The van der Waals surface area contributed by atoms with E-state index in [1.54, 1.807) is 6.08 Å². The van der Waals surface area contributed by atoms with Crippen LogP contribution in [0.25, 0.3) is 6.08 Å². The minimum Gasteiger partial charge on any atom is -0.392 e. The van der Waals surface area contributed by atoms with Crippen LogP contribution in [0.4, 0.5) is 5.69 Å². The van der Waals surface area contributed by atoms with Gasteiger partial charge in [-0.15, -0.1) is 0 Å². The molecule has 16 heavy (non-hydrogen) atoms. The van der Waals surface area contributed by atoms with Crippen molar-refractivity contribution in [3.05, 3.63) is 35.9 Å². The van der Waals surface area contributed by atoms with Crippen LogP contribution in [0.15, 0.2) is 30.3 Å². The van der Waals surface area contributed by atoms with E-state index < -0.39 is 0 Å². The Morgan fingerprint density at radius 1 is 1.19 bits per heavy atom. The number of morpholine rings is 1. The lowest BCUT2D eigenvalue weighted by molar-refractivity contribution is 0.122. The van der Waals surface area contributed by atoms with Crippen LogP contribution >= 0.6 is 0 Å². The average molecular weight is 219 g/mol. The van der Waals surface area contributed by atoms with Gasteiger partial charge in [0.1, 0.15) is 0 Å². The molecule has 0 atom stereocenters. The zero-order valence-corrected chi connectivity index (χ0v) is 9.30. The Hall–Kier alpha value is -1.32. The van der Waals surface area contributed by atoms with Gasteiger partial charge < -0.3 is 14.7 Å². The molecule has 0 aliphatic carbocycles. The third-order valence-corrected chi connectivity index (χ3v) is 2.69. The Balaban J connectivity index is 2.03. The number of nitrogens with zero attached hydrogens (tertiary/aromatic N) is 1. The first-order valence-electron chi connectivity index (χ1n) is 5.60. The van der Waals surface area contributed by atoms with E-state index in [4.69, 9.17) is 9.84 Å².